The standard InChI is InChI=1S/C32H24F6O4.C10H14/c1-15-24(20-11-9-18(39)13-22(20)41-15)26-27(31(35,36)32(37,38)30(26,33)34)25-21-12-10-19(40)14-23(21)42-28(25)16-5-7-17(8-6-16)29(2,3)4;1-10(2,3)9-7-5-4-6-8-9/h5-14,39-40H,1-4H3;4-8H,1-3H3. The van der Waals surface area contributed by atoms with Crippen LogP contribution >= 0.6 is 0 Å². The maximum atomic E-state index is 16.0. The van der Waals surface area contributed by atoms with E-state index in [9.17, 15) is 10.2 Å². The Labute approximate surface area is 297 Å². The molecule has 10 heteroatoms. The first-order chi connectivity index (χ1) is 24.1. The van der Waals surface area contributed by atoms with Gasteiger partial charge in [-0.15, -0.1) is 0 Å². The zero-order valence-electron chi connectivity index (χ0n) is 29.6. The molecule has 0 bridgehead atoms. The Bertz CT molecular complexity index is 2320. The van der Waals surface area contributed by atoms with Gasteiger partial charge in [0.1, 0.15) is 34.2 Å². The first-order valence-electron chi connectivity index (χ1n) is 16.6. The Morgan fingerprint density at radius 2 is 0.981 bits per heavy atom. The number of allylic oxidation sites excluding steroid dienone is 2. The number of hydrogen-bond acceptors (Lipinski definition) is 4. The van der Waals surface area contributed by atoms with Gasteiger partial charge in [-0.2, -0.15) is 26.3 Å². The fourth-order valence-corrected chi connectivity index (χ4v) is 6.50. The minimum Gasteiger partial charge on any atom is -0.508 e. The average molecular weight is 721 g/mol. The highest BCUT2D eigenvalue weighted by atomic mass is 19.3. The quantitative estimate of drug-likeness (QED) is 0.179. The van der Waals surface area contributed by atoms with E-state index in [-0.39, 0.29) is 55.9 Å². The van der Waals surface area contributed by atoms with Crippen LogP contribution < -0.4 is 0 Å². The predicted molar refractivity (Wildman–Crippen MR) is 191 cm³/mol. The molecule has 7 rings (SSSR count). The van der Waals surface area contributed by atoms with Crippen LogP contribution in [-0.2, 0) is 10.8 Å². The molecule has 0 unspecified atom stereocenters. The van der Waals surface area contributed by atoms with Crippen LogP contribution in [0.4, 0.5) is 26.3 Å². The summed E-state index contributed by atoms with van der Waals surface area (Å²) in [4.78, 5) is 0. The van der Waals surface area contributed by atoms with Crippen molar-refractivity contribution in [3.63, 3.8) is 0 Å². The topological polar surface area (TPSA) is 66.7 Å². The van der Waals surface area contributed by atoms with Gasteiger partial charge in [-0.1, -0.05) is 96.1 Å². The van der Waals surface area contributed by atoms with Crippen molar-refractivity contribution in [3.8, 4) is 22.8 Å². The Morgan fingerprint density at radius 3 is 1.46 bits per heavy atom. The van der Waals surface area contributed by atoms with Crippen LogP contribution in [0.1, 0.15) is 69.6 Å². The number of aromatic hydroxyl groups is 2. The molecule has 0 saturated carbocycles. The summed E-state index contributed by atoms with van der Waals surface area (Å²) < 4.78 is 105. The smallest absolute Gasteiger partial charge is 0.380 e. The van der Waals surface area contributed by atoms with Crippen molar-refractivity contribution in [2.24, 2.45) is 0 Å². The van der Waals surface area contributed by atoms with E-state index in [2.05, 4.69) is 51.1 Å². The molecule has 0 amide bonds. The minimum absolute atomic E-state index is 0.149. The van der Waals surface area contributed by atoms with Crippen molar-refractivity contribution < 1.29 is 45.4 Å². The molecular weight excluding hydrogens is 682 g/mol. The fourth-order valence-electron chi connectivity index (χ4n) is 6.50. The van der Waals surface area contributed by atoms with E-state index in [0.717, 1.165) is 42.0 Å². The average Bonchev–Trinajstić information content (AvgIpc) is 3.61. The summed E-state index contributed by atoms with van der Waals surface area (Å²) in [5, 5.41) is 19.6. The number of benzene rings is 4. The summed E-state index contributed by atoms with van der Waals surface area (Å²) in [6.07, 6.45) is 0. The normalized spacial score (nSPS) is 16.7. The molecule has 0 atom stereocenters. The number of hydrogen-bond donors (Lipinski definition) is 2. The number of phenolic OH excluding ortho intramolecular Hbond substituents is 2. The third-order valence-electron chi connectivity index (χ3n) is 9.34. The van der Waals surface area contributed by atoms with Gasteiger partial charge in [-0.05, 0) is 53.1 Å². The molecule has 2 N–H and O–H groups in total. The first kappa shape index (κ1) is 36.7. The summed E-state index contributed by atoms with van der Waals surface area (Å²) >= 11 is 0. The largest absolute Gasteiger partial charge is 0.508 e. The zero-order valence-corrected chi connectivity index (χ0v) is 29.6. The van der Waals surface area contributed by atoms with Gasteiger partial charge in [0.05, 0.1) is 0 Å². The molecule has 4 aromatic carbocycles. The molecule has 0 spiro atoms. The van der Waals surface area contributed by atoms with E-state index >= 15 is 26.3 Å². The van der Waals surface area contributed by atoms with Crippen molar-refractivity contribution in [2.75, 3.05) is 0 Å². The number of furan rings is 2. The molecule has 272 valence electrons. The predicted octanol–water partition coefficient (Wildman–Crippen LogP) is 12.7. The zero-order chi connectivity index (χ0) is 38.2. The first-order valence-corrected chi connectivity index (χ1v) is 16.6. The lowest BCUT2D eigenvalue weighted by Gasteiger charge is -2.25. The van der Waals surface area contributed by atoms with Gasteiger partial charge in [0.25, 0.3) is 0 Å². The maximum Gasteiger partial charge on any atom is 0.380 e. The highest BCUT2D eigenvalue weighted by molar-refractivity contribution is 6.13. The van der Waals surface area contributed by atoms with Crippen LogP contribution in [-0.4, -0.2) is 28.0 Å². The number of phenols is 2. The van der Waals surface area contributed by atoms with Crippen molar-refractivity contribution >= 4 is 33.1 Å². The Kier molecular flexibility index (Phi) is 8.63. The number of aryl methyl sites for hydroxylation is 1. The molecule has 0 aliphatic heterocycles. The lowest BCUT2D eigenvalue weighted by atomic mass is 9.86. The van der Waals surface area contributed by atoms with Crippen molar-refractivity contribution in [1.82, 2.24) is 0 Å². The molecule has 52 heavy (non-hydrogen) atoms. The molecule has 1 aliphatic rings. The fraction of sp³-hybridized carbons (Fsp3) is 0.286. The van der Waals surface area contributed by atoms with E-state index < -0.39 is 40.0 Å². The Hall–Kier alpha value is -5.12. The molecule has 0 saturated heterocycles. The summed E-state index contributed by atoms with van der Waals surface area (Å²) in [7, 11) is 0. The summed E-state index contributed by atoms with van der Waals surface area (Å²) in [5.41, 5.74) is -2.38. The summed E-state index contributed by atoms with van der Waals surface area (Å²) in [5.74, 6) is -17.8. The van der Waals surface area contributed by atoms with Crippen LogP contribution in [0, 0.1) is 6.92 Å². The van der Waals surface area contributed by atoms with Gasteiger partial charge < -0.3 is 19.0 Å². The van der Waals surface area contributed by atoms with E-state index in [1.807, 2.05) is 20.8 Å². The molecule has 0 fully saturated rings. The van der Waals surface area contributed by atoms with Crippen LogP contribution in [0.25, 0.3) is 44.4 Å². The molecule has 4 nitrogen and oxygen atoms in total. The van der Waals surface area contributed by atoms with Gasteiger partial charge in [0.2, 0.25) is 0 Å². The van der Waals surface area contributed by atoms with E-state index in [4.69, 9.17) is 8.83 Å². The van der Waals surface area contributed by atoms with Gasteiger partial charge in [0.15, 0.2) is 0 Å². The van der Waals surface area contributed by atoms with Crippen molar-refractivity contribution in [1.29, 1.82) is 0 Å². The maximum absolute atomic E-state index is 16.0. The Morgan fingerprint density at radius 1 is 0.538 bits per heavy atom. The van der Waals surface area contributed by atoms with Crippen molar-refractivity contribution in [3.05, 3.63) is 119 Å². The monoisotopic (exact) mass is 720 g/mol. The number of fused-ring (bicyclic) bond motifs is 2. The lowest BCUT2D eigenvalue weighted by Crippen LogP contribution is -2.48. The van der Waals surface area contributed by atoms with Crippen LogP contribution in [0.3, 0.4) is 0 Å². The molecule has 2 aromatic heterocycles. The van der Waals surface area contributed by atoms with Crippen LogP contribution in [0.5, 0.6) is 11.5 Å². The molecular formula is C42H38F6O4. The van der Waals surface area contributed by atoms with Crippen LogP contribution in [0.15, 0.2) is 99.8 Å². The minimum atomic E-state index is -5.83. The van der Waals surface area contributed by atoms with Crippen LogP contribution in [0.2, 0.25) is 0 Å². The van der Waals surface area contributed by atoms with Crippen molar-refractivity contribution in [2.45, 2.75) is 77.1 Å². The highest BCUT2D eigenvalue weighted by Gasteiger charge is 2.81. The third-order valence-corrected chi connectivity index (χ3v) is 9.34. The van der Waals surface area contributed by atoms with Gasteiger partial charge in [-0.3, -0.25) is 0 Å². The second-order valence-corrected chi connectivity index (χ2v) is 15.1. The Balaban J connectivity index is 0.000000402. The SMILES string of the molecule is CC(C)(C)c1ccccc1.Cc1oc2cc(O)ccc2c1C1=C(c2c(-c3ccc(C(C)(C)C)cc3)oc3cc(O)ccc23)C(F)(F)C(F)(F)C1(F)F. The number of alkyl halides is 6. The van der Waals surface area contributed by atoms with E-state index in [1.54, 1.807) is 12.1 Å². The molecule has 1 aliphatic carbocycles. The number of rotatable bonds is 3. The summed E-state index contributed by atoms with van der Waals surface area (Å²) in [6.45, 7) is 13.7. The van der Waals surface area contributed by atoms with E-state index in [1.165, 1.54) is 24.6 Å². The highest BCUT2D eigenvalue weighted by Crippen LogP contribution is 2.67. The second-order valence-electron chi connectivity index (χ2n) is 15.1. The molecule has 0 radical (unpaired) electrons. The number of halogens is 6. The van der Waals surface area contributed by atoms with Gasteiger partial charge in [0, 0.05) is 50.7 Å². The second kappa shape index (κ2) is 12.2. The van der Waals surface area contributed by atoms with Gasteiger partial charge in [-0.25, -0.2) is 0 Å². The summed E-state index contributed by atoms with van der Waals surface area (Å²) in [6, 6.07) is 23.7. The molecule has 6 aromatic rings. The van der Waals surface area contributed by atoms with E-state index in [0.29, 0.717) is 5.41 Å². The lowest BCUT2D eigenvalue weighted by molar-refractivity contribution is -0.254. The molecule has 2 heterocycles. The third kappa shape index (κ3) is 5.91. The van der Waals surface area contributed by atoms with Gasteiger partial charge >= 0.3 is 17.8 Å².